The number of rotatable bonds is 0. The summed E-state index contributed by atoms with van der Waals surface area (Å²) in [5.41, 5.74) is 2.47. The highest BCUT2D eigenvalue weighted by atomic mass is 35.5. The first-order chi connectivity index (χ1) is 6.16. The zero-order valence-electron chi connectivity index (χ0n) is 6.88. The van der Waals surface area contributed by atoms with Crippen molar-refractivity contribution in [2.24, 2.45) is 0 Å². The molecule has 0 N–H and O–H groups in total. The van der Waals surface area contributed by atoms with Gasteiger partial charge in [-0.2, -0.15) is 0 Å². The van der Waals surface area contributed by atoms with E-state index in [-0.39, 0.29) is 0 Å². The molecule has 0 saturated heterocycles. The molecule has 0 spiro atoms. The van der Waals surface area contributed by atoms with E-state index in [1.54, 1.807) is 12.3 Å². The fourth-order valence-corrected chi connectivity index (χ4v) is 1.65. The summed E-state index contributed by atoms with van der Waals surface area (Å²) < 4.78 is 0. The number of nitrogens with zero attached hydrogens (tertiary/aromatic N) is 2. The van der Waals surface area contributed by atoms with Gasteiger partial charge in [-0.05, 0) is 24.6 Å². The monoisotopic (exact) mass is 212 g/mol. The molecule has 2 nitrogen and oxygen atoms in total. The lowest BCUT2D eigenvalue weighted by molar-refractivity contribution is 1.29. The summed E-state index contributed by atoms with van der Waals surface area (Å²) in [7, 11) is 0. The molecule has 0 radical (unpaired) electrons. The van der Waals surface area contributed by atoms with Crippen molar-refractivity contribution in [2.75, 3.05) is 0 Å². The van der Waals surface area contributed by atoms with E-state index in [4.69, 9.17) is 23.2 Å². The van der Waals surface area contributed by atoms with E-state index in [0.717, 1.165) is 11.1 Å². The van der Waals surface area contributed by atoms with Crippen molar-refractivity contribution < 1.29 is 0 Å². The summed E-state index contributed by atoms with van der Waals surface area (Å²) in [6, 6.07) is 3.49. The molecule has 0 aromatic carbocycles. The quantitative estimate of drug-likeness (QED) is 0.627. The number of halogens is 2. The predicted molar refractivity (Wildman–Crippen MR) is 54.3 cm³/mol. The summed E-state index contributed by atoms with van der Waals surface area (Å²) in [6.07, 6.45) is 1.75. The van der Waals surface area contributed by atoms with Gasteiger partial charge in [0.05, 0.1) is 10.5 Å². The Bertz CT molecular complexity index is 463. The molecule has 0 fully saturated rings. The SMILES string of the molecule is Cc1cnc2c(Cl)cc(Cl)nc2c1. The van der Waals surface area contributed by atoms with E-state index in [9.17, 15) is 0 Å². The van der Waals surface area contributed by atoms with Crippen LogP contribution < -0.4 is 0 Å². The molecule has 0 aliphatic heterocycles. The Morgan fingerprint density at radius 2 is 2.00 bits per heavy atom. The molecule has 66 valence electrons. The maximum absolute atomic E-state index is 5.93. The average Bonchev–Trinajstić information content (AvgIpc) is 2.02. The van der Waals surface area contributed by atoms with E-state index in [2.05, 4.69) is 9.97 Å². The third-order valence-electron chi connectivity index (χ3n) is 1.70. The Morgan fingerprint density at radius 3 is 2.77 bits per heavy atom. The topological polar surface area (TPSA) is 25.8 Å². The van der Waals surface area contributed by atoms with Gasteiger partial charge < -0.3 is 0 Å². The van der Waals surface area contributed by atoms with E-state index in [1.165, 1.54) is 0 Å². The fraction of sp³-hybridized carbons (Fsp3) is 0.111. The molecule has 0 atom stereocenters. The Hall–Kier alpha value is -0.860. The molecule has 0 saturated carbocycles. The van der Waals surface area contributed by atoms with Gasteiger partial charge in [0.2, 0.25) is 0 Å². The van der Waals surface area contributed by atoms with Crippen LogP contribution in [0.15, 0.2) is 18.3 Å². The summed E-state index contributed by atoms with van der Waals surface area (Å²) in [6.45, 7) is 1.95. The van der Waals surface area contributed by atoms with Gasteiger partial charge in [0.15, 0.2) is 0 Å². The molecule has 2 rings (SSSR count). The minimum Gasteiger partial charge on any atom is -0.253 e. The van der Waals surface area contributed by atoms with Crippen molar-refractivity contribution in [3.8, 4) is 0 Å². The molecular formula is C9H6Cl2N2. The molecule has 13 heavy (non-hydrogen) atoms. The highest BCUT2D eigenvalue weighted by Gasteiger charge is 2.03. The van der Waals surface area contributed by atoms with Crippen LogP contribution >= 0.6 is 23.2 Å². The van der Waals surface area contributed by atoms with Gasteiger partial charge >= 0.3 is 0 Å². The van der Waals surface area contributed by atoms with Gasteiger partial charge in [-0.3, -0.25) is 4.98 Å². The van der Waals surface area contributed by atoms with Gasteiger partial charge in [-0.1, -0.05) is 23.2 Å². The smallest absolute Gasteiger partial charge is 0.131 e. The number of aromatic nitrogens is 2. The maximum atomic E-state index is 5.93. The minimum atomic E-state index is 0.393. The number of aryl methyl sites for hydroxylation is 1. The lowest BCUT2D eigenvalue weighted by Gasteiger charge is -2.00. The molecule has 2 aromatic heterocycles. The third kappa shape index (κ3) is 1.60. The molecule has 0 amide bonds. The van der Waals surface area contributed by atoms with Crippen molar-refractivity contribution in [3.05, 3.63) is 34.1 Å². The van der Waals surface area contributed by atoms with Crippen molar-refractivity contribution in [3.63, 3.8) is 0 Å². The number of hydrogen-bond acceptors (Lipinski definition) is 2. The van der Waals surface area contributed by atoms with Crippen LogP contribution in [0.4, 0.5) is 0 Å². The number of hydrogen-bond donors (Lipinski definition) is 0. The molecule has 0 bridgehead atoms. The van der Waals surface area contributed by atoms with E-state index in [0.29, 0.717) is 15.7 Å². The van der Waals surface area contributed by atoms with Gasteiger partial charge in [0, 0.05) is 6.20 Å². The van der Waals surface area contributed by atoms with Crippen LogP contribution in [-0.2, 0) is 0 Å². The fourth-order valence-electron chi connectivity index (χ4n) is 1.14. The first-order valence-electron chi connectivity index (χ1n) is 3.75. The van der Waals surface area contributed by atoms with Gasteiger partial charge in [-0.15, -0.1) is 0 Å². The molecule has 0 unspecified atom stereocenters. The van der Waals surface area contributed by atoms with Crippen molar-refractivity contribution in [2.45, 2.75) is 6.92 Å². The molecule has 0 aliphatic rings. The van der Waals surface area contributed by atoms with Crippen LogP contribution in [0.3, 0.4) is 0 Å². The van der Waals surface area contributed by atoms with Crippen LogP contribution in [0.5, 0.6) is 0 Å². The Balaban J connectivity index is 2.86. The van der Waals surface area contributed by atoms with Gasteiger partial charge in [0.1, 0.15) is 10.7 Å². The lowest BCUT2D eigenvalue weighted by Crippen LogP contribution is -1.86. The van der Waals surface area contributed by atoms with Crippen LogP contribution in [0, 0.1) is 6.92 Å². The van der Waals surface area contributed by atoms with Crippen LogP contribution in [0.1, 0.15) is 5.56 Å². The molecule has 2 aromatic rings. The second-order valence-corrected chi connectivity index (χ2v) is 3.60. The Labute approximate surface area is 85.5 Å². The van der Waals surface area contributed by atoms with Crippen LogP contribution in [0.2, 0.25) is 10.2 Å². The zero-order valence-corrected chi connectivity index (χ0v) is 8.39. The Morgan fingerprint density at radius 1 is 1.23 bits per heavy atom. The molecule has 0 aliphatic carbocycles. The average molecular weight is 213 g/mol. The summed E-state index contributed by atoms with van der Waals surface area (Å²) in [5, 5.41) is 0.930. The van der Waals surface area contributed by atoms with Crippen LogP contribution in [0.25, 0.3) is 11.0 Å². The highest BCUT2D eigenvalue weighted by molar-refractivity contribution is 6.37. The van der Waals surface area contributed by atoms with Gasteiger partial charge in [0.25, 0.3) is 0 Å². The first-order valence-corrected chi connectivity index (χ1v) is 4.51. The van der Waals surface area contributed by atoms with E-state index >= 15 is 0 Å². The number of fused-ring (bicyclic) bond motifs is 1. The summed E-state index contributed by atoms with van der Waals surface area (Å²) in [4.78, 5) is 8.28. The van der Waals surface area contributed by atoms with E-state index in [1.807, 2.05) is 13.0 Å². The van der Waals surface area contributed by atoms with Crippen LogP contribution in [-0.4, -0.2) is 9.97 Å². The first kappa shape index (κ1) is 8.73. The minimum absolute atomic E-state index is 0.393. The Kier molecular flexibility index (Phi) is 2.10. The van der Waals surface area contributed by atoms with Crippen molar-refractivity contribution >= 4 is 34.2 Å². The second-order valence-electron chi connectivity index (χ2n) is 2.81. The van der Waals surface area contributed by atoms with E-state index < -0.39 is 0 Å². The van der Waals surface area contributed by atoms with Gasteiger partial charge in [-0.25, -0.2) is 4.98 Å². The largest absolute Gasteiger partial charge is 0.253 e. The normalized spacial score (nSPS) is 10.7. The zero-order chi connectivity index (χ0) is 9.42. The predicted octanol–water partition coefficient (Wildman–Crippen LogP) is 3.25. The maximum Gasteiger partial charge on any atom is 0.131 e. The molecule has 2 heterocycles. The van der Waals surface area contributed by atoms with Crippen molar-refractivity contribution in [1.82, 2.24) is 9.97 Å². The molecule has 4 heteroatoms. The third-order valence-corrected chi connectivity index (χ3v) is 2.19. The lowest BCUT2D eigenvalue weighted by atomic mass is 10.2. The second kappa shape index (κ2) is 3.13. The molecular weight excluding hydrogens is 207 g/mol. The van der Waals surface area contributed by atoms with Crippen molar-refractivity contribution in [1.29, 1.82) is 0 Å². The summed E-state index contributed by atoms with van der Waals surface area (Å²) >= 11 is 11.7. The number of pyridine rings is 2. The highest BCUT2D eigenvalue weighted by Crippen LogP contribution is 2.23. The standard InChI is InChI=1S/C9H6Cl2N2/c1-5-2-7-9(12-4-5)6(10)3-8(11)13-7/h2-4H,1H3. The summed E-state index contributed by atoms with van der Waals surface area (Å²) in [5.74, 6) is 0.